The Labute approximate surface area is 116 Å². The normalized spacial score (nSPS) is 23.5. The van der Waals surface area contributed by atoms with Crippen LogP contribution in [0, 0.1) is 25.7 Å². The summed E-state index contributed by atoms with van der Waals surface area (Å²) in [5.41, 5.74) is 3.11. The third-order valence-electron chi connectivity index (χ3n) is 4.50. The van der Waals surface area contributed by atoms with Gasteiger partial charge in [-0.1, -0.05) is 24.6 Å². The zero-order chi connectivity index (χ0) is 14.2. The maximum absolute atomic E-state index is 12.6. The van der Waals surface area contributed by atoms with Crippen LogP contribution < -0.4 is 0 Å². The molecule has 2 heteroatoms. The first-order chi connectivity index (χ1) is 8.90. The molecular formula is C17H25NO. The van der Waals surface area contributed by atoms with Crippen LogP contribution in [-0.2, 0) is 0 Å². The highest BCUT2D eigenvalue weighted by molar-refractivity contribution is 6.01. The van der Waals surface area contributed by atoms with Gasteiger partial charge in [0.05, 0.1) is 6.04 Å². The van der Waals surface area contributed by atoms with Gasteiger partial charge in [-0.3, -0.25) is 9.69 Å². The number of aryl methyl sites for hydroxylation is 2. The van der Waals surface area contributed by atoms with Crippen LogP contribution >= 0.6 is 0 Å². The van der Waals surface area contributed by atoms with E-state index in [4.69, 9.17) is 0 Å². The van der Waals surface area contributed by atoms with Crippen LogP contribution in [0.25, 0.3) is 0 Å². The highest BCUT2D eigenvalue weighted by atomic mass is 16.1. The number of carbonyl (C=O) groups excluding carboxylic acids is 1. The SMILES string of the molecule is Cc1ccc(C)c(C(=O)C(C)N(C)CC2CC2C)c1. The fraction of sp³-hybridized carbons (Fsp3) is 0.588. The van der Waals surface area contributed by atoms with Crippen LogP contribution in [0.4, 0.5) is 0 Å². The van der Waals surface area contributed by atoms with Crippen LogP contribution in [0.15, 0.2) is 18.2 Å². The molecule has 1 fully saturated rings. The first kappa shape index (κ1) is 14.3. The molecule has 0 spiro atoms. The molecule has 1 aromatic carbocycles. The fourth-order valence-corrected chi connectivity index (χ4v) is 2.61. The van der Waals surface area contributed by atoms with Gasteiger partial charge < -0.3 is 0 Å². The largest absolute Gasteiger partial charge is 0.296 e. The van der Waals surface area contributed by atoms with Gasteiger partial charge in [-0.15, -0.1) is 0 Å². The molecule has 0 amide bonds. The van der Waals surface area contributed by atoms with Crippen LogP contribution in [-0.4, -0.2) is 30.3 Å². The van der Waals surface area contributed by atoms with E-state index in [9.17, 15) is 4.79 Å². The first-order valence-corrected chi connectivity index (χ1v) is 7.22. The van der Waals surface area contributed by atoms with Gasteiger partial charge >= 0.3 is 0 Å². The van der Waals surface area contributed by atoms with Crippen LogP contribution in [0.3, 0.4) is 0 Å². The molecule has 0 saturated heterocycles. The molecule has 1 aliphatic carbocycles. The molecular weight excluding hydrogens is 234 g/mol. The average molecular weight is 259 g/mol. The third kappa shape index (κ3) is 3.24. The van der Waals surface area contributed by atoms with E-state index in [-0.39, 0.29) is 11.8 Å². The molecule has 0 heterocycles. The Kier molecular flexibility index (Phi) is 4.10. The number of ketones is 1. The minimum atomic E-state index is -0.0340. The van der Waals surface area contributed by atoms with Gasteiger partial charge in [0.15, 0.2) is 5.78 Å². The van der Waals surface area contributed by atoms with Crippen LogP contribution in [0.5, 0.6) is 0 Å². The maximum atomic E-state index is 12.6. The molecule has 0 aliphatic heterocycles. The van der Waals surface area contributed by atoms with E-state index in [1.165, 1.54) is 6.42 Å². The number of rotatable bonds is 5. The zero-order valence-corrected chi connectivity index (χ0v) is 12.7. The molecule has 1 aliphatic rings. The Balaban J connectivity index is 2.07. The summed E-state index contributed by atoms with van der Waals surface area (Å²) >= 11 is 0. The Morgan fingerprint density at radius 3 is 2.63 bits per heavy atom. The lowest BCUT2D eigenvalue weighted by Gasteiger charge is -2.24. The smallest absolute Gasteiger partial charge is 0.179 e. The second kappa shape index (κ2) is 5.46. The lowest BCUT2D eigenvalue weighted by atomic mass is 9.97. The summed E-state index contributed by atoms with van der Waals surface area (Å²) < 4.78 is 0. The second-order valence-corrected chi connectivity index (χ2v) is 6.27. The lowest BCUT2D eigenvalue weighted by molar-refractivity contribution is 0.0862. The number of hydrogen-bond acceptors (Lipinski definition) is 2. The molecule has 19 heavy (non-hydrogen) atoms. The maximum Gasteiger partial charge on any atom is 0.179 e. The molecule has 0 bridgehead atoms. The summed E-state index contributed by atoms with van der Waals surface area (Å²) in [6, 6.07) is 6.08. The number of benzene rings is 1. The number of Topliss-reactive ketones (excluding diaryl/α,β-unsaturated/α-hetero) is 1. The van der Waals surface area contributed by atoms with E-state index in [1.54, 1.807) is 0 Å². The highest BCUT2D eigenvalue weighted by Crippen LogP contribution is 2.38. The summed E-state index contributed by atoms with van der Waals surface area (Å²) in [6.45, 7) is 9.41. The van der Waals surface area contributed by atoms with Crippen molar-refractivity contribution in [2.75, 3.05) is 13.6 Å². The number of carbonyl (C=O) groups is 1. The van der Waals surface area contributed by atoms with Crippen molar-refractivity contribution in [3.8, 4) is 0 Å². The van der Waals surface area contributed by atoms with Gasteiger partial charge in [0, 0.05) is 12.1 Å². The minimum Gasteiger partial charge on any atom is -0.296 e. The Morgan fingerprint density at radius 2 is 2.05 bits per heavy atom. The van der Waals surface area contributed by atoms with Gasteiger partial charge in [0.2, 0.25) is 0 Å². The summed E-state index contributed by atoms with van der Waals surface area (Å²) in [4.78, 5) is 14.8. The molecule has 0 radical (unpaired) electrons. The van der Waals surface area contributed by atoms with E-state index in [1.807, 2.05) is 32.9 Å². The molecule has 2 nitrogen and oxygen atoms in total. The molecule has 104 valence electrons. The topological polar surface area (TPSA) is 20.3 Å². The molecule has 3 unspecified atom stereocenters. The van der Waals surface area contributed by atoms with Gasteiger partial charge in [-0.25, -0.2) is 0 Å². The predicted octanol–water partition coefficient (Wildman–Crippen LogP) is 3.46. The van der Waals surface area contributed by atoms with Crippen LogP contribution in [0.2, 0.25) is 0 Å². The van der Waals surface area contributed by atoms with Crippen molar-refractivity contribution in [1.29, 1.82) is 0 Å². The van der Waals surface area contributed by atoms with Crippen molar-refractivity contribution < 1.29 is 4.79 Å². The van der Waals surface area contributed by atoms with Crippen molar-refractivity contribution >= 4 is 5.78 Å². The Bertz CT molecular complexity index is 480. The Hall–Kier alpha value is -1.15. The molecule has 2 rings (SSSR count). The first-order valence-electron chi connectivity index (χ1n) is 7.22. The van der Waals surface area contributed by atoms with E-state index in [0.717, 1.165) is 35.1 Å². The van der Waals surface area contributed by atoms with Crippen molar-refractivity contribution in [3.05, 3.63) is 34.9 Å². The van der Waals surface area contributed by atoms with E-state index >= 15 is 0 Å². The predicted molar refractivity (Wildman–Crippen MR) is 79.6 cm³/mol. The monoisotopic (exact) mass is 259 g/mol. The third-order valence-corrected chi connectivity index (χ3v) is 4.50. The number of hydrogen-bond donors (Lipinski definition) is 0. The highest BCUT2D eigenvalue weighted by Gasteiger charge is 2.35. The summed E-state index contributed by atoms with van der Waals surface area (Å²) in [7, 11) is 2.07. The molecule has 0 N–H and O–H groups in total. The quantitative estimate of drug-likeness (QED) is 0.755. The van der Waals surface area contributed by atoms with Crippen molar-refractivity contribution in [2.45, 2.75) is 40.2 Å². The van der Waals surface area contributed by atoms with E-state index in [2.05, 4.69) is 24.9 Å². The second-order valence-electron chi connectivity index (χ2n) is 6.27. The summed E-state index contributed by atoms with van der Waals surface area (Å²) in [5, 5.41) is 0. The summed E-state index contributed by atoms with van der Waals surface area (Å²) in [5.74, 6) is 1.88. The minimum absolute atomic E-state index is 0.0340. The van der Waals surface area contributed by atoms with Crippen molar-refractivity contribution in [1.82, 2.24) is 4.90 Å². The van der Waals surface area contributed by atoms with Crippen molar-refractivity contribution in [2.24, 2.45) is 11.8 Å². The standard InChI is InChI=1S/C17H25NO/c1-11-6-7-12(2)16(8-11)17(19)14(4)18(5)10-15-9-13(15)3/h6-8,13-15H,9-10H2,1-5H3. The molecule has 0 aromatic heterocycles. The lowest BCUT2D eigenvalue weighted by Crippen LogP contribution is -2.37. The average Bonchev–Trinajstić information content (AvgIpc) is 3.06. The zero-order valence-electron chi connectivity index (χ0n) is 12.7. The fourth-order valence-electron chi connectivity index (χ4n) is 2.61. The van der Waals surface area contributed by atoms with E-state index < -0.39 is 0 Å². The molecule has 3 atom stereocenters. The summed E-state index contributed by atoms with van der Waals surface area (Å²) in [6.07, 6.45) is 1.31. The van der Waals surface area contributed by atoms with Crippen LogP contribution in [0.1, 0.15) is 41.8 Å². The Morgan fingerprint density at radius 1 is 1.42 bits per heavy atom. The van der Waals surface area contributed by atoms with Gasteiger partial charge in [-0.05, 0) is 57.7 Å². The van der Waals surface area contributed by atoms with Gasteiger partial charge in [0.1, 0.15) is 0 Å². The molecule has 1 saturated carbocycles. The van der Waals surface area contributed by atoms with Gasteiger partial charge in [-0.2, -0.15) is 0 Å². The number of nitrogens with zero attached hydrogens (tertiary/aromatic N) is 1. The van der Waals surface area contributed by atoms with Crippen molar-refractivity contribution in [3.63, 3.8) is 0 Å². The number of likely N-dealkylation sites (N-methyl/N-ethyl adjacent to an activating group) is 1. The molecule has 1 aromatic rings. The van der Waals surface area contributed by atoms with E-state index in [0.29, 0.717) is 0 Å². The van der Waals surface area contributed by atoms with Gasteiger partial charge in [0.25, 0.3) is 0 Å².